The monoisotopic (exact) mass is 379 g/mol. The molecular weight excluding hydrogens is 358 g/mol. The first-order valence-electron chi connectivity index (χ1n) is 7.98. The number of nitrogens with zero attached hydrogens (tertiary/aromatic N) is 2. The number of nitrogens with two attached hydrogens (primary N) is 1. The van der Waals surface area contributed by atoms with Gasteiger partial charge in [-0.1, -0.05) is 0 Å². The average molecular weight is 379 g/mol. The molecule has 1 aromatic rings. The number of morpholine rings is 1. The van der Waals surface area contributed by atoms with E-state index in [2.05, 4.69) is 15.5 Å². The Kier molecular flexibility index (Phi) is 7.11. The molecule has 0 radical (unpaired) electrons. The van der Waals surface area contributed by atoms with Gasteiger partial charge in [0.05, 0.1) is 18.1 Å². The molecule has 1 aliphatic heterocycles. The first-order chi connectivity index (χ1) is 12.4. The van der Waals surface area contributed by atoms with Crippen LogP contribution >= 0.6 is 0 Å². The van der Waals surface area contributed by atoms with Crippen molar-refractivity contribution in [3.05, 3.63) is 36.0 Å². The van der Waals surface area contributed by atoms with Crippen molar-refractivity contribution in [2.75, 3.05) is 44.7 Å². The van der Waals surface area contributed by atoms with Gasteiger partial charge in [0, 0.05) is 38.1 Å². The van der Waals surface area contributed by atoms with Crippen LogP contribution in [0.5, 0.6) is 0 Å². The van der Waals surface area contributed by atoms with Gasteiger partial charge in [0.15, 0.2) is 0 Å². The van der Waals surface area contributed by atoms with E-state index in [9.17, 15) is 13.2 Å². The van der Waals surface area contributed by atoms with E-state index in [1.807, 2.05) is 6.07 Å². The van der Waals surface area contributed by atoms with E-state index in [1.165, 1.54) is 30.5 Å². The topological polar surface area (TPSA) is 138 Å². The quantitative estimate of drug-likeness (QED) is 0.333. The minimum Gasteiger partial charge on any atom is -0.388 e. The molecule has 0 atom stereocenters. The Morgan fingerprint density at radius 1 is 1.31 bits per heavy atom. The summed E-state index contributed by atoms with van der Waals surface area (Å²) in [6, 6.07) is 7.19. The van der Waals surface area contributed by atoms with Crippen LogP contribution in [0.2, 0.25) is 0 Å². The summed E-state index contributed by atoms with van der Waals surface area (Å²) >= 11 is 0. The molecule has 0 aliphatic carbocycles. The standard InChI is InChI=1S/C16H21N5O4S/c17-11-13(12-19-5-6-21-7-9-25-10-8-21)16(22)20-14-1-3-15(4-2-14)26(18,23)24/h1-4,12,19H,5-10H2,(H,20,22)(H2,18,23,24)/b13-12-. The Labute approximate surface area is 152 Å². The van der Waals surface area contributed by atoms with Gasteiger partial charge in [-0.2, -0.15) is 5.26 Å². The number of sulfonamides is 1. The molecule has 10 heteroatoms. The van der Waals surface area contributed by atoms with E-state index in [0.717, 1.165) is 19.6 Å². The predicted molar refractivity (Wildman–Crippen MR) is 95.4 cm³/mol. The zero-order chi connectivity index (χ0) is 19.0. The molecule has 1 amide bonds. The molecule has 1 fully saturated rings. The number of carbonyl (C=O) groups excluding carboxylic acids is 1. The maximum absolute atomic E-state index is 12.1. The Balaban J connectivity index is 1.86. The van der Waals surface area contributed by atoms with Crippen LogP contribution in [-0.2, 0) is 19.6 Å². The molecule has 9 nitrogen and oxygen atoms in total. The number of nitrogens with one attached hydrogen (secondary N) is 2. The minimum absolute atomic E-state index is 0.0590. The second-order valence-electron chi connectivity index (χ2n) is 5.60. The number of benzene rings is 1. The lowest BCUT2D eigenvalue weighted by Gasteiger charge is -2.26. The van der Waals surface area contributed by atoms with Crippen molar-refractivity contribution in [1.29, 1.82) is 5.26 Å². The lowest BCUT2D eigenvalue weighted by molar-refractivity contribution is -0.112. The SMILES string of the molecule is N#C/C(=C/NCCN1CCOCC1)C(=O)Nc1ccc(S(N)(=O)=O)cc1. The van der Waals surface area contributed by atoms with Crippen LogP contribution in [0.3, 0.4) is 0 Å². The van der Waals surface area contributed by atoms with Crippen LogP contribution < -0.4 is 15.8 Å². The Bertz CT molecular complexity index is 793. The third-order valence-electron chi connectivity index (χ3n) is 3.73. The Morgan fingerprint density at radius 3 is 2.54 bits per heavy atom. The van der Waals surface area contributed by atoms with Gasteiger partial charge < -0.3 is 15.4 Å². The molecule has 0 bridgehead atoms. The summed E-state index contributed by atoms with van der Waals surface area (Å²) in [4.78, 5) is 14.3. The van der Waals surface area contributed by atoms with Crippen LogP contribution in [-0.4, -0.2) is 58.6 Å². The van der Waals surface area contributed by atoms with Gasteiger partial charge in [-0.05, 0) is 24.3 Å². The van der Waals surface area contributed by atoms with Crippen LogP contribution in [0.25, 0.3) is 0 Å². The van der Waals surface area contributed by atoms with Crippen molar-refractivity contribution in [3.63, 3.8) is 0 Å². The van der Waals surface area contributed by atoms with Crippen LogP contribution in [0.1, 0.15) is 0 Å². The molecule has 0 spiro atoms. The third-order valence-corrected chi connectivity index (χ3v) is 4.66. The van der Waals surface area contributed by atoms with Crippen molar-refractivity contribution in [2.45, 2.75) is 4.90 Å². The fourth-order valence-corrected chi connectivity index (χ4v) is 2.81. The zero-order valence-electron chi connectivity index (χ0n) is 14.1. The number of nitriles is 1. The fraction of sp³-hybridized carbons (Fsp3) is 0.375. The number of ether oxygens (including phenoxy) is 1. The van der Waals surface area contributed by atoms with Gasteiger partial charge >= 0.3 is 0 Å². The van der Waals surface area contributed by atoms with Gasteiger partial charge in [-0.25, -0.2) is 13.6 Å². The van der Waals surface area contributed by atoms with Crippen molar-refractivity contribution in [3.8, 4) is 6.07 Å². The predicted octanol–water partition coefficient (Wildman–Crippen LogP) is -0.398. The highest BCUT2D eigenvalue weighted by Crippen LogP contribution is 2.13. The number of primary sulfonamides is 1. The third kappa shape index (κ3) is 6.12. The van der Waals surface area contributed by atoms with E-state index >= 15 is 0 Å². The van der Waals surface area contributed by atoms with E-state index in [-0.39, 0.29) is 10.5 Å². The van der Waals surface area contributed by atoms with Crippen molar-refractivity contribution < 1.29 is 17.9 Å². The van der Waals surface area contributed by atoms with Crippen molar-refractivity contribution in [1.82, 2.24) is 10.2 Å². The number of anilines is 1. The molecule has 0 saturated carbocycles. The summed E-state index contributed by atoms with van der Waals surface area (Å²) in [5.41, 5.74) is 0.277. The lowest BCUT2D eigenvalue weighted by Crippen LogP contribution is -2.39. The summed E-state index contributed by atoms with van der Waals surface area (Å²) < 4.78 is 27.7. The van der Waals surface area contributed by atoms with Gasteiger partial charge in [0.25, 0.3) is 5.91 Å². The molecule has 26 heavy (non-hydrogen) atoms. The second kappa shape index (κ2) is 9.30. The molecule has 1 aliphatic rings. The molecule has 1 saturated heterocycles. The number of amides is 1. The molecule has 2 rings (SSSR count). The number of rotatable bonds is 7. The highest BCUT2D eigenvalue weighted by Gasteiger charge is 2.12. The Morgan fingerprint density at radius 2 is 1.96 bits per heavy atom. The van der Waals surface area contributed by atoms with E-state index in [0.29, 0.717) is 25.4 Å². The van der Waals surface area contributed by atoms with Crippen LogP contribution in [0.15, 0.2) is 40.9 Å². The molecule has 0 aromatic heterocycles. The molecule has 1 aromatic carbocycles. The number of hydrogen-bond donors (Lipinski definition) is 3. The first kappa shape index (κ1) is 19.9. The van der Waals surface area contributed by atoms with Crippen LogP contribution in [0, 0.1) is 11.3 Å². The summed E-state index contributed by atoms with van der Waals surface area (Å²) in [6.45, 7) is 4.55. The normalized spacial score (nSPS) is 15.9. The van der Waals surface area contributed by atoms with Gasteiger partial charge in [0.2, 0.25) is 10.0 Å². The summed E-state index contributed by atoms with van der Waals surface area (Å²) in [7, 11) is -3.79. The first-order valence-corrected chi connectivity index (χ1v) is 9.53. The molecular formula is C16H21N5O4S. The second-order valence-corrected chi connectivity index (χ2v) is 7.16. The zero-order valence-corrected chi connectivity index (χ0v) is 15.0. The molecule has 0 unspecified atom stereocenters. The maximum atomic E-state index is 12.1. The summed E-state index contributed by atoms with van der Waals surface area (Å²) in [5.74, 6) is -0.588. The largest absolute Gasteiger partial charge is 0.388 e. The van der Waals surface area contributed by atoms with Crippen LogP contribution in [0.4, 0.5) is 5.69 Å². The highest BCUT2D eigenvalue weighted by molar-refractivity contribution is 7.89. The number of hydrogen-bond acceptors (Lipinski definition) is 7. The van der Waals surface area contributed by atoms with E-state index in [1.54, 1.807) is 0 Å². The van der Waals surface area contributed by atoms with Crippen molar-refractivity contribution in [2.24, 2.45) is 5.14 Å². The molecule has 140 valence electrons. The van der Waals surface area contributed by atoms with Gasteiger partial charge in [0.1, 0.15) is 11.6 Å². The molecule has 4 N–H and O–H groups in total. The lowest BCUT2D eigenvalue weighted by atomic mass is 10.2. The number of carbonyl (C=O) groups is 1. The summed E-state index contributed by atoms with van der Waals surface area (Å²) in [5, 5.41) is 19.6. The maximum Gasteiger partial charge on any atom is 0.267 e. The minimum atomic E-state index is -3.79. The van der Waals surface area contributed by atoms with Gasteiger partial charge in [-0.15, -0.1) is 0 Å². The van der Waals surface area contributed by atoms with E-state index < -0.39 is 15.9 Å². The average Bonchev–Trinajstić information content (AvgIpc) is 2.62. The summed E-state index contributed by atoms with van der Waals surface area (Å²) in [6.07, 6.45) is 1.37. The Hall–Kier alpha value is -2.45. The molecule has 1 heterocycles. The van der Waals surface area contributed by atoms with Crippen molar-refractivity contribution >= 4 is 21.6 Å². The fourth-order valence-electron chi connectivity index (χ4n) is 2.30. The van der Waals surface area contributed by atoms with Gasteiger partial charge in [-0.3, -0.25) is 9.69 Å². The smallest absolute Gasteiger partial charge is 0.267 e. The highest BCUT2D eigenvalue weighted by atomic mass is 32.2. The van der Waals surface area contributed by atoms with E-state index in [4.69, 9.17) is 15.1 Å².